The van der Waals surface area contributed by atoms with Gasteiger partial charge in [0.15, 0.2) is 0 Å². The first-order valence-corrected chi connectivity index (χ1v) is 6.39. The summed E-state index contributed by atoms with van der Waals surface area (Å²) in [7, 11) is 0. The van der Waals surface area contributed by atoms with Gasteiger partial charge in [-0.05, 0) is 31.2 Å². The lowest BCUT2D eigenvalue weighted by atomic mass is 10.2. The number of nitrogens with one attached hydrogen (secondary N) is 1. The maximum Gasteiger partial charge on any atom is 0.244 e. The van der Waals surface area contributed by atoms with Crippen LogP contribution in [0, 0.1) is 0 Å². The monoisotopic (exact) mass is 272 g/mol. The molecule has 1 aromatic carbocycles. The normalized spacial score (nSPS) is 20.1. The van der Waals surface area contributed by atoms with Gasteiger partial charge in [0.1, 0.15) is 0 Å². The number of rotatable bonds is 3. The molecule has 2 rings (SSSR count). The van der Waals surface area contributed by atoms with Crippen LogP contribution in [0.25, 0.3) is 0 Å². The van der Waals surface area contributed by atoms with E-state index in [1.54, 1.807) is 23.1 Å². The molecule has 0 spiro atoms. The molecule has 1 fully saturated rings. The van der Waals surface area contributed by atoms with E-state index in [2.05, 4.69) is 5.32 Å². The molecule has 1 aromatic rings. The molecule has 0 aromatic heterocycles. The molecule has 17 heavy (non-hydrogen) atoms. The smallest absolute Gasteiger partial charge is 0.244 e. The Hall–Kier alpha value is -0.770. The van der Waals surface area contributed by atoms with E-state index in [9.17, 15) is 4.79 Å². The number of halogens is 2. The van der Waals surface area contributed by atoms with Crippen LogP contribution >= 0.6 is 23.2 Å². The molecule has 1 atom stereocenters. The van der Waals surface area contributed by atoms with E-state index in [0.717, 1.165) is 18.7 Å². The number of likely N-dealkylation sites (N-methyl/N-ethyl adjacent to an activating group) is 1. The van der Waals surface area contributed by atoms with Crippen molar-refractivity contribution in [3.8, 4) is 0 Å². The van der Waals surface area contributed by atoms with E-state index in [1.807, 2.05) is 6.92 Å². The molecule has 1 N–H and O–H groups in total. The van der Waals surface area contributed by atoms with Crippen molar-refractivity contribution >= 4 is 34.8 Å². The quantitative estimate of drug-likeness (QED) is 0.918. The van der Waals surface area contributed by atoms with Crippen LogP contribution in [0.2, 0.25) is 10.0 Å². The van der Waals surface area contributed by atoms with Crippen LogP contribution in [-0.4, -0.2) is 25.0 Å². The summed E-state index contributed by atoms with van der Waals surface area (Å²) < 4.78 is 0. The van der Waals surface area contributed by atoms with Gasteiger partial charge in [-0.2, -0.15) is 0 Å². The lowest BCUT2D eigenvalue weighted by molar-refractivity contribution is -0.118. The van der Waals surface area contributed by atoms with Crippen molar-refractivity contribution in [2.75, 3.05) is 18.0 Å². The summed E-state index contributed by atoms with van der Waals surface area (Å²) in [5, 5.41) is 4.26. The van der Waals surface area contributed by atoms with Gasteiger partial charge in [0.05, 0.1) is 16.8 Å². The van der Waals surface area contributed by atoms with Crippen molar-refractivity contribution in [3.05, 3.63) is 28.2 Å². The average Bonchev–Trinajstić information content (AvgIpc) is 2.62. The Bertz CT molecular complexity index is 437. The lowest BCUT2D eigenvalue weighted by Gasteiger charge is -2.18. The van der Waals surface area contributed by atoms with Crippen molar-refractivity contribution in [3.63, 3.8) is 0 Å². The second-order valence-electron chi connectivity index (χ2n) is 3.98. The molecular formula is C12H14Cl2N2O. The molecular weight excluding hydrogens is 259 g/mol. The largest absolute Gasteiger partial charge is 0.310 e. The Kier molecular flexibility index (Phi) is 3.92. The van der Waals surface area contributed by atoms with Gasteiger partial charge in [-0.25, -0.2) is 0 Å². The Morgan fingerprint density at radius 2 is 2.24 bits per heavy atom. The maximum atomic E-state index is 12.1. The lowest BCUT2D eigenvalue weighted by Crippen LogP contribution is -2.38. The van der Waals surface area contributed by atoms with E-state index < -0.39 is 0 Å². The zero-order chi connectivity index (χ0) is 12.4. The van der Waals surface area contributed by atoms with Crippen LogP contribution in [0.4, 0.5) is 5.69 Å². The Morgan fingerprint density at radius 1 is 1.47 bits per heavy atom. The number of hydrogen-bond acceptors (Lipinski definition) is 2. The minimum atomic E-state index is -0.0910. The van der Waals surface area contributed by atoms with Crippen molar-refractivity contribution in [2.24, 2.45) is 0 Å². The minimum absolute atomic E-state index is 0.0797. The molecule has 1 aliphatic heterocycles. The Labute approximate surface area is 111 Å². The molecule has 92 valence electrons. The van der Waals surface area contributed by atoms with Gasteiger partial charge < -0.3 is 10.2 Å². The predicted molar refractivity (Wildman–Crippen MR) is 70.9 cm³/mol. The van der Waals surface area contributed by atoms with E-state index in [4.69, 9.17) is 23.2 Å². The predicted octanol–water partition coefficient (Wildman–Crippen LogP) is 2.71. The van der Waals surface area contributed by atoms with Crippen molar-refractivity contribution < 1.29 is 4.79 Å². The highest BCUT2D eigenvalue weighted by Gasteiger charge is 2.32. The third kappa shape index (κ3) is 2.57. The highest BCUT2D eigenvalue weighted by molar-refractivity contribution is 6.36. The fraction of sp³-hybridized carbons (Fsp3) is 0.417. The summed E-state index contributed by atoms with van der Waals surface area (Å²) in [4.78, 5) is 13.8. The summed E-state index contributed by atoms with van der Waals surface area (Å²) >= 11 is 11.9. The first kappa shape index (κ1) is 12.7. The molecule has 1 unspecified atom stereocenters. The Balaban J connectivity index is 2.21. The molecule has 1 aliphatic rings. The summed E-state index contributed by atoms with van der Waals surface area (Å²) in [5.41, 5.74) is 0.737. The van der Waals surface area contributed by atoms with Crippen LogP contribution in [0.3, 0.4) is 0 Å². The number of anilines is 1. The first-order valence-electron chi connectivity index (χ1n) is 5.63. The highest BCUT2D eigenvalue weighted by Crippen LogP contribution is 2.31. The van der Waals surface area contributed by atoms with Gasteiger partial charge in [0, 0.05) is 11.6 Å². The van der Waals surface area contributed by atoms with Gasteiger partial charge in [-0.15, -0.1) is 0 Å². The number of nitrogens with zero attached hydrogens (tertiary/aromatic N) is 1. The third-order valence-electron chi connectivity index (χ3n) is 2.86. The molecule has 0 aliphatic carbocycles. The minimum Gasteiger partial charge on any atom is -0.310 e. The molecule has 5 heteroatoms. The number of amides is 1. The standard InChI is InChI=1S/C12H14Cl2N2O/c1-2-15-10-5-6-16(12(10)17)11-4-3-8(13)7-9(11)14/h3-4,7,10,15H,2,5-6H2,1H3. The molecule has 1 heterocycles. The first-order chi connectivity index (χ1) is 8.13. The van der Waals surface area contributed by atoms with Crippen LogP contribution in [0.5, 0.6) is 0 Å². The van der Waals surface area contributed by atoms with Crippen molar-refractivity contribution in [1.82, 2.24) is 5.32 Å². The van der Waals surface area contributed by atoms with Gasteiger partial charge in [-0.3, -0.25) is 4.79 Å². The SMILES string of the molecule is CCNC1CCN(c2ccc(Cl)cc2Cl)C1=O. The summed E-state index contributed by atoms with van der Waals surface area (Å²) in [6.07, 6.45) is 0.811. The second-order valence-corrected chi connectivity index (χ2v) is 4.83. The third-order valence-corrected chi connectivity index (χ3v) is 3.39. The Morgan fingerprint density at radius 3 is 2.88 bits per heavy atom. The van der Waals surface area contributed by atoms with Gasteiger partial charge in [0.25, 0.3) is 0 Å². The van der Waals surface area contributed by atoms with E-state index in [1.165, 1.54) is 0 Å². The van der Waals surface area contributed by atoms with Crippen molar-refractivity contribution in [1.29, 1.82) is 0 Å². The van der Waals surface area contributed by atoms with Crippen LogP contribution in [-0.2, 0) is 4.79 Å². The summed E-state index contributed by atoms with van der Waals surface area (Å²) in [6, 6.07) is 5.10. The van der Waals surface area contributed by atoms with E-state index >= 15 is 0 Å². The average molecular weight is 273 g/mol. The molecule has 1 saturated heterocycles. The zero-order valence-electron chi connectivity index (χ0n) is 9.54. The van der Waals surface area contributed by atoms with Crippen LogP contribution in [0.15, 0.2) is 18.2 Å². The fourth-order valence-corrected chi connectivity index (χ4v) is 2.57. The zero-order valence-corrected chi connectivity index (χ0v) is 11.1. The van der Waals surface area contributed by atoms with Crippen molar-refractivity contribution in [2.45, 2.75) is 19.4 Å². The highest BCUT2D eigenvalue weighted by atomic mass is 35.5. The van der Waals surface area contributed by atoms with Gasteiger partial charge in [0.2, 0.25) is 5.91 Å². The number of hydrogen-bond donors (Lipinski definition) is 1. The summed E-state index contributed by atoms with van der Waals surface area (Å²) in [6.45, 7) is 3.47. The van der Waals surface area contributed by atoms with Gasteiger partial charge >= 0.3 is 0 Å². The fourth-order valence-electron chi connectivity index (χ4n) is 2.06. The number of carbonyl (C=O) groups is 1. The van der Waals surface area contributed by atoms with E-state index in [0.29, 0.717) is 16.6 Å². The number of benzene rings is 1. The molecule has 0 bridgehead atoms. The molecule has 0 radical (unpaired) electrons. The van der Waals surface area contributed by atoms with Gasteiger partial charge in [-0.1, -0.05) is 30.1 Å². The summed E-state index contributed by atoms with van der Waals surface area (Å²) in [5.74, 6) is 0.0797. The maximum absolute atomic E-state index is 12.1. The van der Waals surface area contributed by atoms with Crippen LogP contribution in [0.1, 0.15) is 13.3 Å². The van der Waals surface area contributed by atoms with Crippen LogP contribution < -0.4 is 10.2 Å². The van der Waals surface area contributed by atoms with E-state index in [-0.39, 0.29) is 11.9 Å². The number of carbonyl (C=O) groups excluding carboxylic acids is 1. The molecule has 1 amide bonds. The molecule has 0 saturated carbocycles. The topological polar surface area (TPSA) is 32.3 Å². The second kappa shape index (κ2) is 5.25. The molecule has 3 nitrogen and oxygen atoms in total.